The quantitative estimate of drug-likeness (QED) is 0.842. The molecule has 17 heavy (non-hydrogen) atoms. The summed E-state index contributed by atoms with van der Waals surface area (Å²) in [4.78, 5) is 0. The van der Waals surface area contributed by atoms with Crippen LogP contribution in [0.5, 0.6) is 0 Å². The van der Waals surface area contributed by atoms with E-state index in [2.05, 4.69) is 22.2 Å². The number of nitrogens with zero attached hydrogens (tertiary/aromatic N) is 4. The van der Waals surface area contributed by atoms with Gasteiger partial charge in [-0.2, -0.15) is 5.10 Å². The van der Waals surface area contributed by atoms with E-state index in [1.165, 1.54) is 5.56 Å². The average molecular weight is 271 g/mol. The van der Waals surface area contributed by atoms with Gasteiger partial charge >= 0.3 is 0 Å². The van der Waals surface area contributed by atoms with Crippen LogP contribution in [0.25, 0.3) is 5.69 Å². The third kappa shape index (κ3) is 2.15. The fraction of sp³-hybridized carbons (Fsp3) is 0.364. The van der Waals surface area contributed by atoms with E-state index in [4.69, 9.17) is 23.2 Å². The van der Waals surface area contributed by atoms with E-state index in [0.29, 0.717) is 16.0 Å². The summed E-state index contributed by atoms with van der Waals surface area (Å²) in [5, 5.41) is 12.5. The van der Waals surface area contributed by atoms with Crippen molar-refractivity contribution in [2.45, 2.75) is 27.2 Å². The molecule has 2 heterocycles. The van der Waals surface area contributed by atoms with Gasteiger partial charge in [-0.3, -0.25) is 0 Å². The molecule has 6 heteroatoms. The molecule has 0 saturated heterocycles. The minimum atomic E-state index is 0.294. The molecule has 0 radical (unpaired) electrons. The topological polar surface area (TPSA) is 43.6 Å². The van der Waals surface area contributed by atoms with Crippen LogP contribution >= 0.6 is 23.2 Å². The van der Waals surface area contributed by atoms with E-state index in [1.807, 2.05) is 13.8 Å². The van der Waals surface area contributed by atoms with Gasteiger partial charge in [-0.05, 0) is 25.8 Å². The molecule has 4 nitrogen and oxygen atoms in total. The molecule has 0 aliphatic rings. The summed E-state index contributed by atoms with van der Waals surface area (Å²) in [5.74, 6) is 0. The molecule has 0 unspecified atom stereocenters. The second-order valence-corrected chi connectivity index (χ2v) is 4.50. The number of rotatable bonds is 2. The van der Waals surface area contributed by atoms with Gasteiger partial charge in [0.15, 0.2) is 10.3 Å². The summed E-state index contributed by atoms with van der Waals surface area (Å²) in [7, 11) is 0. The van der Waals surface area contributed by atoms with Crippen LogP contribution in [0.1, 0.15) is 23.9 Å². The highest BCUT2D eigenvalue weighted by atomic mass is 35.5. The second-order valence-electron chi connectivity index (χ2n) is 3.76. The van der Waals surface area contributed by atoms with Crippen molar-refractivity contribution in [1.29, 1.82) is 0 Å². The SMILES string of the molecule is CCc1c(C)nn(-c2cc(Cl)nnc2Cl)c1C. The summed E-state index contributed by atoms with van der Waals surface area (Å²) in [6.45, 7) is 6.08. The Kier molecular flexibility index (Phi) is 3.35. The molecule has 0 N–H and O–H groups in total. The van der Waals surface area contributed by atoms with Gasteiger partial charge in [0.2, 0.25) is 0 Å². The Hall–Kier alpha value is -1.13. The van der Waals surface area contributed by atoms with Gasteiger partial charge in [0.1, 0.15) is 5.69 Å². The number of hydrogen-bond donors (Lipinski definition) is 0. The number of halogens is 2. The predicted molar refractivity (Wildman–Crippen MR) is 68.0 cm³/mol. The lowest BCUT2D eigenvalue weighted by Gasteiger charge is -2.06. The average Bonchev–Trinajstić information content (AvgIpc) is 2.57. The maximum Gasteiger partial charge on any atom is 0.177 e. The van der Waals surface area contributed by atoms with Gasteiger partial charge in [0, 0.05) is 11.8 Å². The zero-order valence-corrected chi connectivity index (χ0v) is 11.3. The minimum absolute atomic E-state index is 0.294. The van der Waals surface area contributed by atoms with Crippen molar-refractivity contribution in [1.82, 2.24) is 20.0 Å². The van der Waals surface area contributed by atoms with Gasteiger partial charge in [0.05, 0.1) is 5.69 Å². The van der Waals surface area contributed by atoms with Gasteiger partial charge in [-0.25, -0.2) is 4.68 Å². The highest BCUT2D eigenvalue weighted by Gasteiger charge is 2.14. The van der Waals surface area contributed by atoms with Gasteiger partial charge in [0.25, 0.3) is 0 Å². The van der Waals surface area contributed by atoms with Crippen LogP contribution in [0.2, 0.25) is 10.3 Å². The van der Waals surface area contributed by atoms with Crippen LogP contribution in [-0.4, -0.2) is 20.0 Å². The Morgan fingerprint density at radius 1 is 1.24 bits per heavy atom. The monoisotopic (exact) mass is 270 g/mol. The van der Waals surface area contributed by atoms with Crippen molar-refractivity contribution in [2.75, 3.05) is 0 Å². The zero-order chi connectivity index (χ0) is 12.6. The first-order valence-corrected chi connectivity index (χ1v) is 6.04. The van der Waals surface area contributed by atoms with Crippen molar-refractivity contribution >= 4 is 23.2 Å². The lowest BCUT2D eigenvalue weighted by molar-refractivity contribution is 0.818. The highest BCUT2D eigenvalue weighted by Crippen LogP contribution is 2.24. The molecular weight excluding hydrogens is 259 g/mol. The van der Waals surface area contributed by atoms with Crippen LogP contribution < -0.4 is 0 Å². The lowest BCUT2D eigenvalue weighted by atomic mass is 10.1. The smallest absolute Gasteiger partial charge is 0.177 e. The molecule has 0 aliphatic carbocycles. The van der Waals surface area contributed by atoms with Crippen molar-refractivity contribution in [3.05, 3.63) is 33.3 Å². The summed E-state index contributed by atoms with van der Waals surface area (Å²) >= 11 is 11.8. The molecule has 2 rings (SSSR count). The molecule has 0 atom stereocenters. The summed E-state index contributed by atoms with van der Waals surface area (Å²) < 4.78 is 1.76. The van der Waals surface area contributed by atoms with Crippen LogP contribution in [-0.2, 0) is 6.42 Å². The first-order chi connectivity index (χ1) is 8.04. The molecule has 0 saturated carbocycles. The van der Waals surface area contributed by atoms with E-state index in [-0.39, 0.29) is 0 Å². The number of aromatic nitrogens is 4. The van der Waals surface area contributed by atoms with Crippen molar-refractivity contribution in [2.24, 2.45) is 0 Å². The fourth-order valence-electron chi connectivity index (χ4n) is 1.91. The molecule has 0 fully saturated rings. The van der Waals surface area contributed by atoms with Crippen molar-refractivity contribution < 1.29 is 0 Å². The Bertz CT molecular complexity index is 563. The molecule has 2 aromatic heterocycles. The molecule has 0 bridgehead atoms. The number of aryl methyl sites for hydroxylation is 1. The normalized spacial score (nSPS) is 10.9. The minimum Gasteiger partial charge on any atom is -0.234 e. The summed E-state index contributed by atoms with van der Waals surface area (Å²) in [6, 6.07) is 1.66. The molecule has 0 aliphatic heterocycles. The lowest BCUT2D eigenvalue weighted by Crippen LogP contribution is -2.02. The molecule has 0 spiro atoms. The van der Waals surface area contributed by atoms with Crippen LogP contribution in [0.4, 0.5) is 0 Å². The second kappa shape index (κ2) is 4.63. The number of hydrogen-bond acceptors (Lipinski definition) is 3. The molecular formula is C11H12Cl2N4. The zero-order valence-electron chi connectivity index (χ0n) is 9.83. The molecule has 0 amide bonds. The van der Waals surface area contributed by atoms with Crippen molar-refractivity contribution in [3.8, 4) is 5.69 Å². The standard InChI is InChI=1S/C11H12Cl2N4/c1-4-8-6(2)16-17(7(8)3)9-5-10(12)14-15-11(9)13/h5H,4H2,1-3H3. The maximum absolute atomic E-state index is 6.01. The van der Waals surface area contributed by atoms with Crippen molar-refractivity contribution in [3.63, 3.8) is 0 Å². The van der Waals surface area contributed by atoms with Crippen LogP contribution in [0, 0.1) is 13.8 Å². The maximum atomic E-state index is 6.01. The van der Waals surface area contributed by atoms with E-state index >= 15 is 0 Å². The van der Waals surface area contributed by atoms with E-state index in [9.17, 15) is 0 Å². The largest absolute Gasteiger partial charge is 0.234 e. The highest BCUT2D eigenvalue weighted by molar-refractivity contribution is 6.32. The molecule has 2 aromatic rings. The third-order valence-electron chi connectivity index (χ3n) is 2.72. The predicted octanol–water partition coefficient (Wildman–Crippen LogP) is 3.15. The third-order valence-corrected chi connectivity index (χ3v) is 3.18. The van der Waals surface area contributed by atoms with E-state index in [1.54, 1.807) is 10.7 Å². The summed E-state index contributed by atoms with van der Waals surface area (Å²) in [5.41, 5.74) is 3.92. The van der Waals surface area contributed by atoms with Crippen LogP contribution in [0.15, 0.2) is 6.07 Å². The Morgan fingerprint density at radius 2 is 1.94 bits per heavy atom. The first kappa shape index (κ1) is 12.3. The summed E-state index contributed by atoms with van der Waals surface area (Å²) in [6.07, 6.45) is 0.932. The Balaban J connectivity index is 2.64. The molecule has 0 aromatic carbocycles. The van der Waals surface area contributed by atoms with Gasteiger partial charge < -0.3 is 0 Å². The Morgan fingerprint density at radius 3 is 2.53 bits per heavy atom. The van der Waals surface area contributed by atoms with Gasteiger partial charge in [-0.15, -0.1) is 10.2 Å². The van der Waals surface area contributed by atoms with Gasteiger partial charge in [-0.1, -0.05) is 30.1 Å². The Labute approximate surface area is 110 Å². The van der Waals surface area contributed by atoms with E-state index < -0.39 is 0 Å². The fourth-order valence-corrected chi connectivity index (χ4v) is 2.23. The first-order valence-electron chi connectivity index (χ1n) is 5.28. The molecule has 90 valence electrons. The van der Waals surface area contributed by atoms with E-state index in [0.717, 1.165) is 17.8 Å². The van der Waals surface area contributed by atoms with Crippen LogP contribution in [0.3, 0.4) is 0 Å².